The number of hydrogen-bond acceptors (Lipinski definition) is 3. The van der Waals surface area contributed by atoms with Crippen molar-refractivity contribution in [3.8, 4) is 11.8 Å². The fourth-order valence-electron chi connectivity index (χ4n) is 3.28. The lowest BCUT2D eigenvalue weighted by atomic mass is 9.78. The third-order valence-corrected chi connectivity index (χ3v) is 4.75. The smallest absolute Gasteiger partial charge is 0.163 e. The number of nitrogens with zero attached hydrogens (tertiary/aromatic N) is 1. The van der Waals surface area contributed by atoms with Crippen LogP contribution in [0.3, 0.4) is 0 Å². The molecule has 0 aliphatic heterocycles. The van der Waals surface area contributed by atoms with E-state index in [1.165, 1.54) is 0 Å². The molecule has 0 aliphatic rings. The Morgan fingerprint density at radius 1 is 0.889 bits per heavy atom. The Hall–Kier alpha value is -3.38. The van der Waals surface area contributed by atoms with E-state index in [-0.39, 0.29) is 18.1 Å². The molecule has 3 aromatic carbocycles. The highest BCUT2D eigenvalue weighted by Gasteiger charge is 2.27. The van der Waals surface area contributed by atoms with Gasteiger partial charge < -0.3 is 4.74 Å². The van der Waals surface area contributed by atoms with E-state index < -0.39 is 5.92 Å². The highest BCUT2D eigenvalue weighted by Crippen LogP contribution is 2.36. The minimum atomic E-state index is -0.393. The summed E-state index contributed by atoms with van der Waals surface area (Å²) in [6, 6.07) is 29.0. The topological polar surface area (TPSA) is 50.1 Å². The first-order valence-electron chi connectivity index (χ1n) is 8.89. The normalized spacial score (nSPS) is 12.6. The zero-order chi connectivity index (χ0) is 19.1. The Morgan fingerprint density at radius 2 is 1.44 bits per heavy atom. The van der Waals surface area contributed by atoms with Crippen LogP contribution in [0, 0.1) is 11.3 Å². The third kappa shape index (κ3) is 4.43. The monoisotopic (exact) mass is 355 g/mol. The summed E-state index contributed by atoms with van der Waals surface area (Å²) < 4.78 is 5.16. The lowest BCUT2D eigenvalue weighted by Gasteiger charge is -2.22. The van der Waals surface area contributed by atoms with Gasteiger partial charge in [-0.2, -0.15) is 5.26 Å². The molecule has 0 aromatic heterocycles. The molecule has 0 fully saturated rings. The number of ether oxygens (including phenoxy) is 1. The van der Waals surface area contributed by atoms with Gasteiger partial charge in [0.1, 0.15) is 5.75 Å². The summed E-state index contributed by atoms with van der Waals surface area (Å²) in [7, 11) is 1.60. The van der Waals surface area contributed by atoms with E-state index in [1.807, 2.05) is 60.7 Å². The van der Waals surface area contributed by atoms with Gasteiger partial charge in [-0.1, -0.05) is 60.7 Å². The maximum atomic E-state index is 12.9. The van der Waals surface area contributed by atoms with Crippen LogP contribution in [0.15, 0.2) is 84.9 Å². The molecule has 0 unspecified atom stereocenters. The molecule has 134 valence electrons. The van der Waals surface area contributed by atoms with Crippen LogP contribution >= 0.6 is 0 Å². The fraction of sp³-hybridized carbons (Fsp3) is 0.167. The third-order valence-electron chi connectivity index (χ3n) is 4.75. The number of methoxy groups -OCH3 is 1. The first-order valence-corrected chi connectivity index (χ1v) is 8.89. The second kappa shape index (κ2) is 8.82. The summed E-state index contributed by atoms with van der Waals surface area (Å²) in [5.74, 6) is 0.122. The van der Waals surface area contributed by atoms with Crippen molar-refractivity contribution in [1.29, 1.82) is 5.26 Å². The number of carbonyl (C=O) groups excluding carboxylic acids is 1. The SMILES string of the molecule is COc1ccc(C(=O)C[C@H](c2ccccc2)[C@@H](C#N)c2ccccc2)cc1. The van der Waals surface area contributed by atoms with Crippen LogP contribution in [0.1, 0.15) is 39.7 Å². The largest absolute Gasteiger partial charge is 0.497 e. The van der Waals surface area contributed by atoms with Crippen molar-refractivity contribution in [1.82, 2.24) is 0 Å². The first-order chi connectivity index (χ1) is 13.2. The van der Waals surface area contributed by atoms with Gasteiger partial charge in [0, 0.05) is 17.9 Å². The van der Waals surface area contributed by atoms with Crippen molar-refractivity contribution < 1.29 is 9.53 Å². The van der Waals surface area contributed by atoms with Crippen molar-refractivity contribution in [3.63, 3.8) is 0 Å². The molecule has 0 spiro atoms. The molecule has 0 saturated carbocycles. The average Bonchev–Trinajstić information content (AvgIpc) is 2.75. The number of carbonyl (C=O) groups is 1. The second-order valence-corrected chi connectivity index (χ2v) is 6.39. The molecule has 3 aromatic rings. The van der Waals surface area contributed by atoms with Gasteiger partial charge in [-0.25, -0.2) is 0 Å². The zero-order valence-corrected chi connectivity index (χ0v) is 15.2. The lowest BCUT2D eigenvalue weighted by Crippen LogP contribution is -2.15. The number of ketones is 1. The van der Waals surface area contributed by atoms with Gasteiger partial charge in [0.2, 0.25) is 0 Å². The summed E-state index contributed by atoms with van der Waals surface area (Å²) in [6.45, 7) is 0. The van der Waals surface area contributed by atoms with Crippen LogP contribution in [0.5, 0.6) is 5.75 Å². The van der Waals surface area contributed by atoms with Gasteiger partial charge in [0.05, 0.1) is 19.1 Å². The summed E-state index contributed by atoms with van der Waals surface area (Å²) >= 11 is 0. The Balaban J connectivity index is 1.92. The minimum Gasteiger partial charge on any atom is -0.497 e. The van der Waals surface area contributed by atoms with Crippen LogP contribution in [0.2, 0.25) is 0 Å². The highest BCUT2D eigenvalue weighted by molar-refractivity contribution is 5.96. The minimum absolute atomic E-state index is 0.0164. The fourth-order valence-corrected chi connectivity index (χ4v) is 3.28. The Bertz CT molecular complexity index is 912. The highest BCUT2D eigenvalue weighted by atomic mass is 16.5. The summed E-state index contributed by atoms with van der Waals surface area (Å²) in [4.78, 5) is 12.9. The number of Topliss-reactive ketones (excluding diaryl/α,β-unsaturated/α-hetero) is 1. The summed E-state index contributed by atoms with van der Waals surface area (Å²) in [5.41, 5.74) is 2.55. The van der Waals surface area contributed by atoms with Crippen molar-refractivity contribution in [2.45, 2.75) is 18.3 Å². The molecular weight excluding hydrogens is 334 g/mol. The van der Waals surface area contributed by atoms with E-state index in [1.54, 1.807) is 31.4 Å². The van der Waals surface area contributed by atoms with Crippen molar-refractivity contribution in [3.05, 3.63) is 102 Å². The summed E-state index contributed by atoms with van der Waals surface area (Å²) in [6.07, 6.45) is 0.267. The molecule has 3 nitrogen and oxygen atoms in total. The molecule has 0 bridgehead atoms. The van der Waals surface area contributed by atoms with Crippen molar-refractivity contribution in [2.75, 3.05) is 7.11 Å². The quantitative estimate of drug-likeness (QED) is 0.536. The maximum Gasteiger partial charge on any atom is 0.163 e. The molecule has 3 heteroatoms. The molecular formula is C24H21NO2. The van der Waals surface area contributed by atoms with E-state index in [0.717, 1.165) is 11.1 Å². The molecule has 0 saturated heterocycles. The van der Waals surface area contributed by atoms with Gasteiger partial charge in [-0.15, -0.1) is 0 Å². The van der Waals surface area contributed by atoms with E-state index >= 15 is 0 Å². The van der Waals surface area contributed by atoms with Gasteiger partial charge in [0.15, 0.2) is 5.78 Å². The van der Waals surface area contributed by atoms with Crippen molar-refractivity contribution in [2.24, 2.45) is 0 Å². The number of nitriles is 1. The standard InChI is InChI=1S/C24H21NO2/c1-27-21-14-12-20(13-15-21)24(26)16-22(18-8-4-2-5-9-18)23(17-25)19-10-6-3-7-11-19/h2-15,22-23H,16H2,1H3/t22-,23+/m1/s1. The van der Waals surface area contributed by atoms with E-state index in [2.05, 4.69) is 6.07 Å². The van der Waals surface area contributed by atoms with Gasteiger partial charge >= 0.3 is 0 Å². The van der Waals surface area contributed by atoms with Gasteiger partial charge in [-0.3, -0.25) is 4.79 Å². The molecule has 3 rings (SSSR count). The molecule has 2 atom stereocenters. The van der Waals surface area contributed by atoms with E-state index in [0.29, 0.717) is 11.3 Å². The predicted molar refractivity (Wildman–Crippen MR) is 106 cm³/mol. The van der Waals surface area contributed by atoms with E-state index in [4.69, 9.17) is 4.74 Å². The molecule has 0 amide bonds. The predicted octanol–water partition coefficient (Wildman–Crippen LogP) is 5.36. The van der Waals surface area contributed by atoms with Crippen LogP contribution in [0.25, 0.3) is 0 Å². The average molecular weight is 355 g/mol. The van der Waals surface area contributed by atoms with Crippen LogP contribution in [-0.2, 0) is 0 Å². The van der Waals surface area contributed by atoms with Crippen molar-refractivity contribution >= 4 is 5.78 Å². The Morgan fingerprint density at radius 3 is 1.96 bits per heavy atom. The summed E-state index contributed by atoms with van der Waals surface area (Å²) in [5, 5.41) is 9.89. The first kappa shape index (κ1) is 18.4. The van der Waals surface area contributed by atoms with Gasteiger partial charge in [-0.05, 0) is 35.4 Å². The van der Waals surface area contributed by atoms with Crippen LogP contribution in [-0.4, -0.2) is 12.9 Å². The number of benzene rings is 3. The molecule has 27 heavy (non-hydrogen) atoms. The lowest BCUT2D eigenvalue weighted by molar-refractivity contribution is 0.0971. The molecule has 0 heterocycles. The van der Waals surface area contributed by atoms with Crippen LogP contribution in [0.4, 0.5) is 0 Å². The zero-order valence-electron chi connectivity index (χ0n) is 15.2. The number of rotatable bonds is 7. The number of hydrogen-bond donors (Lipinski definition) is 0. The Labute approximate surface area is 159 Å². The van der Waals surface area contributed by atoms with Crippen LogP contribution < -0.4 is 4.74 Å². The molecule has 0 radical (unpaired) electrons. The van der Waals surface area contributed by atoms with Gasteiger partial charge in [0.25, 0.3) is 0 Å². The molecule has 0 N–H and O–H groups in total. The Kier molecular flexibility index (Phi) is 6.02. The maximum absolute atomic E-state index is 12.9. The van der Waals surface area contributed by atoms with E-state index in [9.17, 15) is 10.1 Å². The molecule has 0 aliphatic carbocycles. The second-order valence-electron chi connectivity index (χ2n) is 6.39.